The van der Waals surface area contributed by atoms with Crippen LogP contribution in [0.15, 0.2) is 18.2 Å². The van der Waals surface area contributed by atoms with Gasteiger partial charge in [0.25, 0.3) is 5.69 Å². The molecule has 0 saturated heterocycles. The van der Waals surface area contributed by atoms with Gasteiger partial charge in [0, 0.05) is 6.07 Å². The molecule has 0 fully saturated rings. The van der Waals surface area contributed by atoms with Crippen molar-refractivity contribution in [2.75, 3.05) is 7.11 Å². The molecule has 1 atom stereocenters. The fourth-order valence-electron chi connectivity index (χ4n) is 1.31. The molecule has 1 N–H and O–H groups in total. The van der Waals surface area contributed by atoms with Gasteiger partial charge in [0.15, 0.2) is 0 Å². The zero-order valence-corrected chi connectivity index (χ0v) is 8.92. The number of carbonyl (C=O) groups excluding carboxylic acids is 1. The molecule has 1 aromatic rings. The van der Waals surface area contributed by atoms with Crippen LogP contribution in [0, 0.1) is 15.9 Å². The van der Waals surface area contributed by atoms with Crippen LogP contribution >= 0.6 is 0 Å². The molecule has 17 heavy (non-hydrogen) atoms. The summed E-state index contributed by atoms with van der Waals surface area (Å²) in [6.07, 6.45) is -1.94. The summed E-state index contributed by atoms with van der Waals surface area (Å²) in [4.78, 5) is 20.8. The number of carbonyl (C=O) groups is 1. The Bertz CT molecular complexity index is 448. The molecule has 0 aliphatic heterocycles. The molecule has 0 spiro atoms. The number of rotatable bonds is 4. The van der Waals surface area contributed by atoms with E-state index in [0.29, 0.717) is 0 Å². The molecule has 0 aromatic heterocycles. The lowest BCUT2D eigenvalue weighted by Crippen LogP contribution is -2.10. The molecule has 0 amide bonds. The highest BCUT2D eigenvalue weighted by Gasteiger charge is 2.23. The van der Waals surface area contributed by atoms with Gasteiger partial charge in [0.05, 0.1) is 30.1 Å². The van der Waals surface area contributed by atoms with Gasteiger partial charge >= 0.3 is 5.97 Å². The molecule has 7 heteroatoms. The van der Waals surface area contributed by atoms with E-state index in [4.69, 9.17) is 0 Å². The van der Waals surface area contributed by atoms with Gasteiger partial charge < -0.3 is 9.84 Å². The third kappa shape index (κ3) is 3.22. The summed E-state index contributed by atoms with van der Waals surface area (Å²) in [6.45, 7) is 0. The minimum Gasteiger partial charge on any atom is -0.469 e. The van der Waals surface area contributed by atoms with E-state index in [0.717, 1.165) is 25.3 Å². The zero-order valence-electron chi connectivity index (χ0n) is 8.92. The lowest BCUT2D eigenvalue weighted by Gasteiger charge is -2.09. The van der Waals surface area contributed by atoms with Gasteiger partial charge in [0.2, 0.25) is 0 Å². The van der Waals surface area contributed by atoms with Gasteiger partial charge in [0.1, 0.15) is 5.82 Å². The Kier molecular flexibility index (Phi) is 4.11. The monoisotopic (exact) mass is 243 g/mol. The van der Waals surface area contributed by atoms with Crippen LogP contribution in [0.25, 0.3) is 0 Å². The van der Waals surface area contributed by atoms with Crippen molar-refractivity contribution in [3.63, 3.8) is 0 Å². The largest absolute Gasteiger partial charge is 0.469 e. The van der Waals surface area contributed by atoms with Crippen LogP contribution in [0.3, 0.4) is 0 Å². The molecule has 0 bridgehead atoms. The number of aliphatic hydroxyl groups excluding tert-OH is 1. The smallest absolute Gasteiger partial charge is 0.308 e. The first-order chi connectivity index (χ1) is 7.95. The second-order valence-corrected chi connectivity index (χ2v) is 3.26. The molecule has 0 aliphatic carbocycles. The number of nitro benzene ring substituents is 1. The van der Waals surface area contributed by atoms with Crippen molar-refractivity contribution < 1.29 is 24.0 Å². The Morgan fingerprint density at radius 3 is 2.82 bits per heavy atom. The highest BCUT2D eigenvalue weighted by Crippen LogP contribution is 2.28. The average Bonchev–Trinajstić information content (AvgIpc) is 2.28. The van der Waals surface area contributed by atoms with Crippen LogP contribution in [0.1, 0.15) is 18.1 Å². The fourth-order valence-corrected chi connectivity index (χ4v) is 1.31. The minimum atomic E-state index is -1.47. The SMILES string of the molecule is COC(=O)CC(O)c1cc(F)ccc1[N+](=O)[O-]. The molecular weight excluding hydrogens is 233 g/mol. The second-order valence-electron chi connectivity index (χ2n) is 3.26. The van der Waals surface area contributed by atoms with Crippen molar-refractivity contribution in [1.29, 1.82) is 0 Å². The van der Waals surface area contributed by atoms with E-state index in [1.165, 1.54) is 0 Å². The number of benzene rings is 1. The van der Waals surface area contributed by atoms with E-state index in [2.05, 4.69) is 4.74 Å². The Morgan fingerprint density at radius 1 is 1.65 bits per heavy atom. The first-order valence-electron chi connectivity index (χ1n) is 4.64. The third-order valence-corrected chi connectivity index (χ3v) is 2.13. The first kappa shape index (κ1) is 13.0. The summed E-state index contributed by atoms with van der Waals surface area (Å²) in [7, 11) is 1.12. The van der Waals surface area contributed by atoms with Crippen molar-refractivity contribution in [2.45, 2.75) is 12.5 Å². The summed E-state index contributed by atoms with van der Waals surface area (Å²) < 4.78 is 17.3. The maximum atomic E-state index is 12.9. The molecule has 0 aliphatic rings. The zero-order chi connectivity index (χ0) is 13.0. The van der Waals surface area contributed by atoms with Crippen LogP contribution in [0.4, 0.5) is 10.1 Å². The maximum Gasteiger partial charge on any atom is 0.308 e. The number of halogens is 1. The summed E-state index contributed by atoms with van der Waals surface area (Å²) in [5.74, 6) is -1.47. The minimum absolute atomic E-state index is 0.250. The van der Waals surface area contributed by atoms with Crippen molar-refractivity contribution in [3.8, 4) is 0 Å². The Balaban J connectivity index is 3.06. The number of methoxy groups -OCH3 is 1. The summed E-state index contributed by atoms with van der Waals surface area (Å²) >= 11 is 0. The van der Waals surface area contributed by atoms with E-state index < -0.39 is 34.9 Å². The predicted molar refractivity (Wildman–Crippen MR) is 54.6 cm³/mol. The van der Waals surface area contributed by atoms with E-state index >= 15 is 0 Å². The van der Waals surface area contributed by atoms with Crippen molar-refractivity contribution in [3.05, 3.63) is 39.7 Å². The van der Waals surface area contributed by atoms with E-state index in [1.54, 1.807) is 0 Å². The lowest BCUT2D eigenvalue weighted by atomic mass is 10.0. The van der Waals surface area contributed by atoms with Crippen molar-refractivity contribution in [1.82, 2.24) is 0 Å². The van der Waals surface area contributed by atoms with Crippen LogP contribution in [0.5, 0.6) is 0 Å². The predicted octanol–water partition coefficient (Wildman–Crippen LogP) is 1.33. The van der Waals surface area contributed by atoms with Crippen molar-refractivity contribution in [2.24, 2.45) is 0 Å². The van der Waals surface area contributed by atoms with Gasteiger partial charge in [-0.25, -0.2) is 4.39 Å². The molecule has 6 nitrogen and oxygen atoms in total. The summed E-state index contributed by atoms with van der Waals surface area (Å²) in [5, 5.41) is 20.3. The third-order valence-electron chi connectivity index (χ3n) is 2.13. The van der Waals surface area contributed by atoms with E-state index in [1.807, 2.05) is 0 Å². The Hall–Kier alpha value is -2.02. The molecule has 0 heterocycles. The van der Waals surface area contributed by atoms with Gasteiger partial charge in [-0.3, -0.25) is 14.9 Å². The van der Waals surface area contributed by atoms with Crippen molar-refractivity contribution >= 4 is 11.7 Å². The van der Waals surface area contributed by atoms with Gasteiger partial charge in [-0.05, 0) is 12.1 Å². The van der Waals surface area contributed by atoms with Gasteiger partial charge in [-0.2, -0.15) is 0 Å². The van der Waals surface area contributed by atoms with E-state index in [-0.39, 0.29) is 5.56 Å². The number of nitrogens with zero attached hydrogens (tertiary/aromatic N) is 1. The van der Waals surface area contributed by atoms with Gasteiger partial charge in [-0.1, -0.05) is 0 Å². The highest BCUT2D eigenvalue weighted by atomic mass is 19.1. The fraction of sp³-hybridized carbons (Fsp3) is 0.300. The highest BCUT2D eigenvalue weighted by molar-refractivity contribution is 5.70. The lowest BCUT2D eigenvalue weighted by molar-refractivity contribution is -0.386. The standard InChI is InChI=1S/C10H10FNO5/c1-17-10(14)5-9(13)7-4-6(11)2-3-8(7)12(15)16/h2-4,9,13H,5H2,1H3. The number of ether oxygens (including phenoxy) is 1. The molecule has 1 rings (SSSR count). The first-order valence-corrected chi connectivity index (χ1v) is 4.64. The number of nitro groups is 1. The second kappa shape index (κ2) is 5.35. The number of hydrogen-bond donors (Lipinski definition) is 1. The topological polar surface area (TPSA) is 89.7 Å². The number of hydrogen-bond acceptors (Lipinski definition) is 5. The maximum absolute atomic E-state index is 12.9. The quantitative estimate of drug-likeness (QED) is 0.489. The van der Waals surface area contributed by atoms with Crippen LogP contribution in [0.2, 0.25) is 0 Å². The number of esters is 1. The molecule has 0 radical (unpaired) electrons. The summed E-state index contributed by atoms with van der Waals surface area (Å²) in [6, 6.07) is 2.67. The molecular formula is C10H10FNO5. The normalized spacial score (nSPS) is 11.9. The van der Waals surface area contributed by atoms with E-state index in [9.17, 15) is 24.4 Å². The van der Waals surface area contributed by atoms with Crippen LogP contribution < -0.4 is 0 Å². The number of aliphatic hydroxyl groups is 1. The van der Waals surface area contributed by atoms with Crippen LogP contribution in [-0.2, 0) is 9.53 Å². The molecule has 1 unspecified atom stereocenters. The average molecular weight is 243 g/mol. The Labute approximate surface area is 95.8 Å². The summed E-state index contributed by atoms with van der Waals surface area (Å²) in [5.41, 5.74) is -0.691. The molecule has 92 valence electrons. The molecule has 1 aromatic carbocycles. The Morgan fingerprint density at radius 2 is 2.29 bits per heavy atom. The van der Waals surface area contributed by atoms with Gasteiger partial charge in [-0.15, -0.1) is 0 Å². The van der Waals surface area contributed by atoms with Crippen LogP contribution in [-0.4, -0.2) is 23.1 Å². The molecule has 0 saturated carbocycles.